The molecule has 128 valence electrons. The normalized spacial score (nSPS) is 10.4. The minimum absolute atomic E-state index is 0.112. The van der Waals surface area contributed by atoms with Crippen LogP contribution in [0.25, 0.3) is 0 Å². The van der Waals surface area contributed by atoms with Gasteiger partial charge in [-0.05, 0) is 24.1 Å². The van der Waals surface area contributed by atoms with E-state index in [1.807, 2.05) is 60.7 Å². The monoisotopic (exact) mass is 335 g/mol. The standard InChI is InChI=1S/C20H21N3O2/c24-20(21-12-7-13-25-19-10-5-2-6-11-19)18-14-22-23(16-18)15-17-8-3-1-4-9-17/h1-6,8-11,14,16H,7,12-13,15H2,(H,21,24). The third-order valence-corrected chi connectivity index (χ3v) is 3.70. The SMILES string of the molecule is O=C(NCCCOc1ccccc1)c1cnn(Cc2ccccc2)c1. The van der Waals surface area contributed by atoms with E-state index in [4.69, 9.17) is 4.74 Å². The Morgan fingerprint density at radius 2 is 1.76 bits per heavy atom. The highest BCUT2D eigenvalue weighted by Crippen LogP contribution is 2.08. The van der Waals surface area contributed by atoms with E-state index in [9.17, 15) is 4.79 Å². The molecule has 3 aromatic rings. The van der Waals surface area contributed by atoms with Crippen LogP contribution >= 0.6 is 0 Å². The van der Waals surface area contributed by atoms with Crippen molar-refractivity contribution in [2.75, 3.05) is 13.2 Å². The number of nitrogens with zero attached hydrogens (tertiary/aromatic N) is 2. The fourth-order valence-corrected chi connectivity index (χ4v) is 2.42. The fourth-order valence-electron chi connectivity index (χ4n) is 2.42. The third-order valence-electron chi connectivity index (χ3n) is 3.70. The zero-order chi connectivity index (χ0) is 17.3. The van der Waals surface area contributed by atoms with Crippen LogP contribution in [0.4, 0.5) is 0 Å². The summed E-state index contributed by atoms with van der Waals surface area (Å²) in [6.45, 7) is 1.78. The second-order valence-corrected chi connectivity index (χ2v) is 5.68. The lowest BCUT2D eigenvalue weighted by Crippen LogP contribution is -2.25. The van der Waals surface area contributed by atoms with Crippen molar-refractivity contribution in [2.45, 2.75) is 13.0 Å². The number of carbonyl (C=O) groups is 1. The van der Waals surface area contributed by atoms with Crippen LogP contribution in [0.2, 0.25) is 0 Å². The molecule has 0 saturated heterocycles. The van der Waals surface area contributed by atoms with E-state index in [0.717, 1.165) is 17.7 Å². The van der Waals surface area contributed by atoms with Crippen LogP contribution in [-0.2, 0) is 6.54 Å². The van der Waals surface area contributed by atoms with Gasteiger partial charge in [-0.2, -0.15) is 5.10 Å². The van der Waals surface area contributed by atoms with Crippen LogP contribution in [0.3, 0.4) is 0 Å². The molecule has 0 saturated carbocycles. The van der Waals surface area contributed by atoms with Crippen molar-refractivity contribution in [2.24, 2.45) is 0 Å². The number of benzene rings is 2. The zero-order valence-electron chi connectivity index (χ0n) is 14.0. The predicted octanol–water partition coefficient (Wildman–Crippen LogP) is 3.13. The molecule has 0 aliphatic heterocycles. The highest BCUT2D eigenvalue weighted by atomic mass is 16.5. The summed E-state index contributed by atoms with van der Waals surface area (Å²) in [6.07, 6.45) is 4.11. The molecule has 0 spiro atoms. The van der Waals surface area contributed by atoms with Crippen molar-refractivity contribution < 1.29 is 9.53 Å². The van der Waals surface area contributed by atoms with Crippen LogP contribution in [0.5, 0.6) is 5.75 Å². The summed E-state index contributed by atoms with van der Waals surface area (Å²) < 4.78 is 7.36. The number of carbonyl (C=O) groups excluding carboxylic acids is 1. The summed E-state index contributed by atoms with van der Waals surface area (Å²) in [4.78, 5) is 12.1. The summed E-state index contributed by atoms with van der Waals surface area (Å²) in [5.41, 5.74) is 1.72. The molecule has 0 aliphatic rings. The maximum Gasteiger partial charge on any atom is 0.254 e. The van der Waals surface area contributed by atoms with Gasteiger partial charge < -0.3 is 10.1 Å². The first-order valence-electron chi connectivity index (χ1n) is 8.34. The molecule has 0 aliphatic carbocycles. The summed E-state index contributed by atoms with van der Waals surface area (Å²) >= 11 is 0. The highest BCUT2D eigenvalue weighted by Gasteiger charge is 2.08. The van der Waals surface area contributed by atoms with Gasteiger partial charge in [0.2, 0.25) is 0 Å². The number of rotatable bonds is 8. The second kappa shape index (κ2) is 8.68. The lowest BCUT2D eigenvalue weighted by atomic mass is 10.2. The van der Waals surface area contributed by atoms with Crippen LogP contribution < -0.4 is 10.1 Å². The number of para-hydroxylation sites is 1. The van der Waals surface area contributed by atoms with E-state index < -0.39 is 0 Å². The summed E-state index contributed by atoms with van der Waals surface area (Å²) in [6, 6.07) is 19.7. The van der Waals surface area contributed by atoms with E-state index in [1.54, 1.807) is 17.1 Å². The molecule has 2 aromatic carbocycles. The molecule has 25 heavy (non-hydrogen) atoms. The molecule has 1 aromatic heterocycles. The molecule has 1 N–H and O–H groups in total. The third kappa shape index (κ3) is 5.21. The molecule has 0 atom stereocenters. The number of nitrogens with one attached hydrogen (secondary N) is 1. The Kier molecular flexibility index (Phi) is 5.82. The van der Waals surface area contributed by atoms with Crippen molar-refractivity contribution in [1.82, 2.24) is 15.1 Å². The minimum Gasteiger partial charge on any atom is -0.494 e. The Balaban J connectivity index is 1.40. The van der Waals surface area contributed by atoms with Crippen LogP contribution in [0.15, 0.2) is 73.1 Å². The average molecular weight is 335 g/mol. The number of aromatic nitrogens is 2. The largest absolute Gasteiger partial charge is 0.494 e. The van der Waals surface area contributed by atoms with Crippen LogP contribution in [0, 0.1) is 0 Å². The predicted molar refractivity (Wildman–Crippen MR) is 96.7 cm³/mol. The molecule has 1 heterocycles. The van der Waals surface area contributed by atoms with E-state index in [1.165, 1.54) is 0 Å². The maximum atomic E-state index is 12.1. The van der Waals surface area contributed by atoms with Gasteiger partial charge in [-0.15, -0.1) is 0 Å². The first kappa shape index (κ1) is 16.8. The first-order chi connectivity index (χ1) is 12.3. The molecule has 0 fully saturated rings. The van der Waals surface area contributed by atoms with Crippen LogP contribution in [-0.4, -0.2) is 28.8 Å². The lowest BCUT2D eigenvalue weighted by molar-refractivity contribution is 0.0951. The smallest absolute Gasteiger partial charge is 0.254 e. The quantitative estimate of drug-likeness (QED) is 0.644. The minimum atomic E-state index is -0.112. The molecular formula is C20H21N3O2. The van der Waals surface area contributed by atoms with E-state index >= 15 is 0 Å². The topological polar surface area (TPSA) is 56.1 Å². The van der Waals surface area contributed by atoms with Crippen molar-refractivity contribution in [1.29, 1.82) is 0 Å². The number of ether oxygens (including phenoxy) is 1. The molecular weight excluding hydrogens is 314 g/mol. The molecule has 0 bridgehead atoms. The van der Waals surface area contributed by atoms with Gasteiger partial charge in [-0.3, -0.25) is 9.48 Å². The Hall–Kier alpha value is -3.08. The van der Waals surface area contributed by atoms with Crippen molar-refractivity contribution in [3.63, 3.8) is 0 Å². The van der Waals surface area contributed by atoms with E-state index in [0.29, 0.717) is 25.3 Å². The van der Waals surface area contributed by atoms with Gasteiger partial charge in [0.15, 0.2) is 0 Å². The maximum absolute atomic E-state index is 12.1. The van der Waals surface area contributed by atoms with Gasteiger partial charge in [0, 0.05) is 12.7 Å². The molecule has 0 radical (unpaired) electrons. The fraction of sp³-hybridized carbons (Fsp3) is 0.200. The van der Waals surface area contributed by atoms with Crippen molar-refractivity contribution in [3.8, 4) is 5.75 Å². The Morgan fingerprint density at radius 1 is 1.04 bits per heavy atom. The lowest BCUT2D eigenvalue weighted by Gasteiger charge is -2.06. The van der Waals surface area contributed by atoms with E-state index in [-0.39, 0.29) is 5.91 Å². The van der Waals surface area contributed by atoms with Gasteiger partial charge in [-0.25, -0.2) is 0 Å². The highest BCUT2D eigenvalue weighted by molar-refractivity contribution is 5.93. The zero-order valence-corrected chi connectivity index (χ0v) is 14.0. The summed E-state index contributed by atoms with van der Waals surface area (Å²) in [5.74, 6) is 0.732. The average Bonchev–Trinajstić information content (AvgIpc) is 3.11. The number of hydrogen-bond acceptors (Lipinski definition) is 3. The molecule has 3 rings (SSSR count). The molecule has 0 unspecified atom stereocenters. The molecule has 5 heteroatoms. The second-order valence-electron chi connectivity index (χ2n) is 5.68. The van der Waals surface area contributed by atoms with Gasteiger partial charge in [0.1, 0.15) is 5.75 Å². The Bertz CT molecular complexity index is 785. The number of hydrogen-bond donors (Lipinski definition) is 1. The van der Waals surface area contributed by atoms with Gasteiger partial charge >= 0.3 is 0 Å². The Morgan fingerprint density at radius 3 is 2.52 bits per heavy atom. The molecule has 5 nitrogen and oxygen atoms in total. The summed E-state index contributed by atoms with van der Waals surface area (Å²) in [5, 5.41) is 7.14. The van der Waals surface area contributed by atoms with Gasteiger partial charge in [0.25, 0.3) is 5.91 Å². The molecule has 1 amide bonds. The Labute approximate surface area is 147 Å². The summed E-state index contributed by atoms with van der Waals surface area (Å²) in [7, 11) is 0. The first-order valence-corrected chi connectivity index (χ1v) is 8.34. The van der Waals surface area contributed by atoms with Crippen molar-refractivity contribution >= 4 is 5.91 Å². The van der Waals surface area contributed by atoms with Gasteiger partial charge in [-0.1, -0.05) is 48.5 Å². The van der Waals surface area contributed by atoms with Gasteiger partial charge in [0.05, 0.1) is 24.9 Å². The van der Waals surface area contributed by atoms with Crippen LogP contribution in [0.1, 0.15) is 22.3 Å². The van der Waals surface area contributed by atoms with Crippen molar-refractivity contribution in [3.05, 3.63) is 84.2 Å². The van der Waals surface area contributed by atoms with E-state index in [2.05, 4.69) is 10.4 Å². The number of amides is 1.